The van der Waals surface area contributed by atoms with E-state index < -0.39 is 18.5 Å². The second-order valence-electron chi connectivity index (χ2n) is 6.37. The molecule has 0 aliphatic carbocycles. The number of fused-ring (bicyclic) bond motifs is 1. The second-order valence-corrected chi connectivity index (χ2v) is 6.81. The van der Waals surface area contributed by atoms with E-state index in [1.165, 1.54) is 11.0 Å². The summed E-state index contributed by atoms with van der Waals surface area (Å²) >= 11 is 5.82. The predicted octanol–water partition coefficient (Wildman–Crippen LogP) is 3.66. The molecule has 0 radical (unpaired) electrons. The van der Waals surface area contributed by atoms with Gasteiger partial charge in [0, 0.05) is 23.6 Å². The molecule has 0 saturated heterocycles. The Morgan fingerprint density at radius 2 is 1.93 bits per heavy atom. The highest BCUT2D eigenvalue weighted by Gasteiger charge is 2.29. The number of carbonyl (C=O) groups excluding carboxylic acids is 3. The Labute approximate surface area is 167 Å². The zero-order valence-electron chi connectivity index (χ0n) is 15.2. The van der Waals surface area contributed by atoms with Gasteiger partial charge in [-0.3, -0.25) is 9.59 Å². The summed E-state index contributed by atoms with van der Waals surface area (Å²) in [5.74, 6) is -1.20. The molecule has 7 heteroatoms. The average Bonchev–Trinajstić information content (AvgIpc) is 2.79. The number of halogens is 1. The largest absolute Gasteiger partial charge is 0.452 e. The normalized spacial score (nSPS) is 16.3. The Morgan fingerprint density at radius 1 is 1.21 bits per heavy atom. The third-order valence-corrected chi connectivity index (χ3v) is 4.50. The number of hydrogen-bond acceptors (Lipinski definition) is 4. The lowest BCUT2D eigenvalue weighted by atomic mass is 10.1. The van der Waals surface area contributed by atoms with Gasteiger partial charge in [-0.1, -0.05) is 35.9 Å². The van der Waals surface area contributed by atoms with Crippen molar-refractivity contribution in [2.75, 3.05) is 16.8 Å². The monoisotopic (exact) mass is 398 g/mol. The summed E-state index contributed by atoms with van der Waals surface area (Å²) in [5.41, 5.74) is 1.92. The van der Waals surface area contributed by atoms with E-state index in [1.807, 2.05) is 0 Å². The Bertz CT molecular complexity index is 924. The van der Waals surface area contributed by atoms with Crippen LogP contribution >= 0.6 is 11.6 Å². The molecule has 0 unspecified atom stereocenters. The number of benzene rings is 2. The highest BCUT2D eigenvalue weighted by molar-refractivity contribution is 6.30. The minimum Gasteiger partial charge on any atom is -0.452 e. The van der Waals surface area contributed by atoms with E-state index in [2.05, 4.69) is 5.32 Å². The van der Waals surface area contributed by atoms with Gasteiger partial charge in [-0.05, 0) is 42.8 Å². The number of ether oxygens (including phenoxy) is 1. The highest BCUT2D eigenvalue weighted by Crippen LogP contribution is 2.31. The van der Waals surface area contributed by atoms with Gasteiger partial charge in [0.15, 0.2) is 6.61 Å². The van der Waals surface area contributed by atoms with Crippen molar-refractivity contribution in [3.63, 3.8) is 0 Å². The van der Waals surface area contributed by atoms with E-state index in [4.69, 9.17) is 16.3 Å². The summed E-state index contributed by atoms with van der Waals surface area (Å²) < 4.78 is 5.09. The lowest BCUT2D eigenvalue weighted by Crippen LogP contribution is -2.41. The van der Waals surface area contributed by atoms with Crippen LogP contribution in [-0.2, 0) is 19.1 Å². The van der Waals surface area contributed by atoms with Crippen LogP contribution in [0.2, 0.25) is 5.02 Å². The third-order valence-electron chi connectivity index (χ3n) is 4.25. The minimum absolute atomic E-state index is 0.158. The molecule has 1 aliphatic heterocycles. The van der Waals surface area contributed by atoms with E-state index in [9.17, 15) is 14.4 Å². The number of anilines is 2. The first-order valence-electron chi connectivity index (χ1n) is 8.75. The fraction of sp³-hybridized carbons (Fsp3) is 0.190. The molecule has 0 bridgehead atoms. The molecule has 1 aliphatic rings. The van der Waals surface area contributed by atoms with Crippen LogP contribution in [0.1, 0.15) is 18.9 Å². The molecule has 2 aromatic rings. The van der Waals surface area contributed by atoms with Crippen LogP contribution in [0.25, 0.3) is 6.08 Å². The fourth-order valence-corrected chi connectivity index (χ4v) is 3.08. The van der Waals surface area contributed by atoms with E-state index in [0.29, 0.717) is 16.4 Å². The number of carbonyl (C=O) groups is 3. The van der Waals surface area contributed by atoms with E-state index in [1.54, 1.807) is 61.5 Å². The summed E-state index contributed by atoms with van der Waals surface area (Å²) in [4.78, 5) is 38.1. The zero-order chi connectivity index (χ0) is 20.1. The smallest absolute Gasteiger partial charge is 0.331 e. The van der Waals surface area contributed by atoms with Crippen LogP contribution in [0, 0.1) is 0 Å². The van der Waals surface area contributed by atoms with Crippen LogP contribution in [-0.4, -0.2) is 30.4 Å². The molecular formula is C21H19ClN2O4. The summed E-state index contributed by atoms with van der Waals surface area (Å²) in [6.45, 7) is 1.36. The molecule has 1 heterocycles. The molecule has 2 amide bonds. The first-order valence-corrected chi connectivity index (χ1v) is 9.13. The Balaban J connectivity index is 1.66. The molecule has 0 spiro atoms. The first kappa shape index (κ1) is 19.6. The average molecular weight is 399 g/mol. The molecule has 28 heavy (non-hydrogen) atoms. The molecule has 3 rings (SSSR count). The summed E-state index contributed by atoms with van der Waals surface area (Å²) in [7, 11) is 0. The van der Waals surface area contributed by atoms with Gasteiger partial charge < -0.3 is 15.0 Å². The number of nitrogens with zero attached hydrogens (tertiary/aromatic N) is 1. The van der Waals surface area contributed by atoms with Crippen LogP contribution in [0.3, 0.4) is 0 Å². The van der Waals surface area contributed by atoms with Crippen molar-refractivity contribution in [3.8, 4) is 0 Å². The summed E-state index contributed by atoms with van der Waals surface area (Å²) in [6, 6.07) is 13.6. The van der Waals surface area contributed by atoms with Gasteiger partial charge in [-0.2, -0.15) is 0 Å². The first-order chi connectivity index (χ1) is 13.4. The highest BCUT2D eigenvalue weighted by atomic mass is 35.5. The molecular weight excluding hydrogens is 380 g/mol. The Hall–Kier alpha value is -3.12. The lowest BCUT2D eigenvalue weighted by molar-refractivity contribution is -0.143. The van der Waals surface area contributed by atoms with Crippen molar-refractivity contribution < 1.29 is 19.1 Å². The molecule has 6 nitrogen and oxygen atoms in total. The number of esters is 1. The standard InChI is InChI=1S/C21H19ClN2O4/c1-14-12-19(25)23-17-4-2-3-5-18(17)24(14)20(26)13-28-21(27)11-8-15-6-9-16(22)10-7-15/h2-11,14H,12-13H2,1H3,(H,23,25)/b11-8+/t14-/m0/s1. The Morgan fingerprint density at radius 3 is 2.68 bits per heavy atom. The number of hydrogen-bond donors (Lipinski definition) is 1. The van der Waals surface area contributed by atoms with Gasteiger partial charge in [0.2, 0.25) is 5.91 Å². The molecule has 1 N–H and O–H groups in total. The molecule has 144 valence electrons. The second kappa shape index (κ2) is 8.71. The maximum Gasteiger partial charge on any atom is 0.331 e. The summed E-state index contributed by atoms with van der Waals surface area (Å²) in [6.07, 6.45) is 2.99. The van der Waals surface area contributed by atoms with Crippen LogP contribution in [0.15, 0.2) is 54.6 Å². The number of para-hydroxylation sites is 2. The number of rotatable bonds is 4. The Kier molecular flexibility index (Phi) is 6.11. The topological polar surface area (TPSA) is 75.7 Å². The van der Waals surface area contributed by atoms with E-state index >= 15 is 0 Å². The molecule has 0 aromatic heterocycles. The van der Waals surface area contributed by atoms with Gasteiger partial charge >= 0.3 is 5.97 Å². The van der Waals surface area contributed by atoms with Crippen molar-refractivity contribution in [3.05, 3.63) is 65.2 Å². The van der Waals surface area contributed by atoms with Crippen molar-refractivity contribution in [2.45, 2.75) is 19.4 Å². The summed E-state index contributed by atoms with van der Waals surface area (Å²) in [5, 5.41) is 3.39. The molecule has 2 aromatic carbocycles. The van der Waals surface area contributed by atoms with E-state index in [0.717, 1.165) is 5.56 Å². The van der Waals surface area contributed by atoms with Crippen molar-refractivity contribution in [1.82, 2.24) is 0 Å². The minimum atomic E-state index is -0.631. The predicted molar refractivity (Wildman–Crippen MR) is 108 cm³/mol. The maximum atomic E-state index is 12.7. The van der Waals surface area contributed by atoms with Crippen molar-refractivity contribution in [2.24, 2.45) is 0 Å². The number of nitrogens with one attached hydrogen (secondary N) is 1. The molecule has 1 atom stereocenters. The number of amides is 2. The van der Waals surface area contributed by atoms with Crippen LogP contribution < -0.4 is 10.2 Å². The zero-order valence-corrected chi connectivity index (χ0v) is 16.0. The molecule has 0 fully saturated rings. The van der Waals surface area contributed by atoms with Gasteiger partial charge in [-0.15, -0.1) is 0 Å². The van der Waals surface area contributed by atoms with Gasteiger partial charge in [0.05, 0.1) is 11.4 Å². The quantitative estimate of drug-likeness (QED) is 0.630. The van der Waals surface area contributed by atoms with Crippen LogP contribution in [0.4, 0.5) is 11.4 Å². The third kappa shape index (κ3) is 4.78. The maximum absolute atomic E-state index is 12.7. The molecule has 0 saturated carbocycles. The van der Waals surface area contributed by atoms with Gasteiger partial charge in [-0.25, -0.2) is 4.79 Å². The SMILES string of the molecule is C[C@H]1CC(=O)Nc2ccccc2N1C(=O)COC(=O)/C=C/c1ccc(Cl)cc1. The van der Waals surface area contributed by atoms with Crippen molar-refractivity contribution in [1.29, 1.82) is 0 Å². The van der Waals surface area contributed by atoms with Gasteiger partial charge in [0.1, 0.15) is 0 Å². The van der Waals surface area contributed by atoms with Gasteiger partial charge in [0.25, 0.3) is 5.91 Å². The van der Waals surface area contributed by atoms with Crippen LogP contribution in [0.5, 0.6) is 0 Å². The lowest BCUT2D eigenvalue weighted by Gasteiger charge is -2.27. The van der Waals surface area contributed by atoms with E-state index in [-0.39, 0.29) is 18.4 Å². The van der Waals surface area contributed by atoms with Crippen molar-refractivity contribution >= 4 is 46.8 Å². The fourth-order valence-electron chi connectivity index (χ4n) is 2.96.